The van der Waals surface area contributed by atoms with E-state index in [1.807, 2.05) is 52.4 Å². The SMILES string of the molecule is CC.CC.CC1=NN=C(CSc2ccccc2)C1. The van der Waals surface area contributed by atoms with Crippen LogP contribution in [0.15, 0.2) is 45.4 Å². The molecule has 0 N–H and O–H groups in total. The van der Waals surface area contributed by atoms with Gasteiger partial charge in [-0.1, -0.05) is 45.9 Å². The van der Waals surface area contributed by atoms with E-state index in [0.717, 1.165) is 17.9 Å². The van der Waals surface area contributed by atoms with Gasteiger partial charge < -0.3 is 0 Å². The predicted molar refractivity (Wildman–Crippen MR) is 85.0 cm³/mol. The quantitative estimate of drug-likeness (QED) is 0.701. The fourth-order valence-corrected chi connectivity index (χ4v) is 2.13. The summed E-state index contributed by atoms with van der Waals surface area (Å²) in [5, 5.41) is 8.14. The molecule has 1 aromatic carbocycles. The molecule has 0 atom stereocenters. The zero-order chi connectivity index (χ0) is 13.8. The van der Waals surface area contributed by atoms with E-state index in [9.17, 15) is 0 Å². The van der Waals surface area contributed by atoms with Crippen molar-refractivity contribution < 1.29 is 0 Å². The Morgan fingerprint density at radius 2 is 1.61 bits per heavy atom. The summed E-state index contributed by atoms with van der Waals surface area (Å²) in [6.07, 6.45) is 0.944. The summed E-state index contributed by atoms with van der Waals surface area (Å²) in [4.78, 5) is 1.29. The highest BCUT2D eigenvalue weighted by atomic mass is 32.2. The number of hydrogen-bond acceptors (Lipinski definition) is 3. The molecule has 3 heteroatoms. The van der Waals surface area contributed by atoms with Gasteiger partial charge in [0.25, 0.3) is 0 Å². The lowest BCUT2D eigenvalue weighted by molar-refractivity contribution is 1.26. The molecule has 1 aromatic rings. The highest BCUT2D eigenvalue weighted by molar-refractivity contribution is 8.00. The Morgan fingerprint density at radius 1 is 1.00 bits per heavy atom. The topological polar surface area (TPSA) is 24.7 Å². The van der Waals surface area contributed by atoms with E-state index < -0.39 is 0 Å². The second kappa shape index (κ2) is 11.0. The zero-order valence-corrected chi connectivity index (χ0v) is 12.9. The molecule has 0 unspecified atom stereocenters. The third kappa shape index (κ3) is 6.60. The van der Waals surface area contributed by atoms with Crippen LogP contribution < -0.4 is 0 Å². The largest absolute Gasteiger partial charge is 0.160 e. The second-order valence-electron chi connectivity index (χ2n) is 3.28. The smallest absolute Gasteiger partial charge is 0.0564 e. The van der Waals surface area contributed by atoms with Crippen LogP contribution in [0.3, 0.4) is 0 Å². The van der Waals surface area contributed by atoms with Gasteiger partial charge >= 0.3 is 0 Å². The lowest BCUT2D eigenvalue weighted by atomic mass is 10.2. The Bertz CT molecular complexity index is 369. The van der Waals surface area contributed by atoms with Crippen LogP contribution in [0.4, 0.5) is 0 Å². The van der Waals surface area contributed by atoms with Crippen molar-refractivity contribution in [3.8, 4) is 0 Å². The van der Waals surface area contributed by atoms with E-state index in [1.165, 1.54) is 10.6 Å². The van der Waals surface area contributed by atoms with Gasteiger partial charge in [0.1, 0.15) is 0 Å². The van der Waals surface area contributed by atoms with Gasteiger partial charge in [0.05, 0.1) is 5.71 Å². The molecule has 0 aromatic heterocycles. The van der Waals surface area contributed by atoms with Crippen molar-refractivity contribution in [3.63, 3.8) is 0 Å². The first-order valence-electron chi connectivity index (χ1n) is 6.61. The first kappa shape index (κ1) is 16.9. The third-order valence-electron chi connectivity index (χ3n) is 1.97. The summed E-state index contributed by atoms with van der Waals surface area (Å²) in [6, 6.07) is 10.4. The standard InChI is InChI=1S/C11H12N2S.2C2H6/c1-9-7-10(13-12-9)8-14-11-5-3-2-4-6-11;2*1-2/h2-6H,7-8H2,1H3;2*1-2H3. The number of hydrogen-bond donors (Lipinski definition) is 0. The minimum Gasteiger partial charge on any atom is -0.160 e. The Hall–Kier alpha value is -1.09. The fraction of sp³-hybridized carbons (Fsp3) is 0.467. The van der Waals surface area contributed by atoms with Gasteiger partial charge in [-0.05, 0) is 19.1 Å². The maximum atomic E-state index is 4.12. The first-order valence-corrected chi connectivity index (χ1v) is 7.60. The molecule has 1 aliphatic rings. The predicted octanol–water partition coefficient (Wildman–Crippen LogP) is 5.05. The van der Waals surface area contributed by atoms with Crippen LogP contribution in [0, 0.1) is 0 Å². The molecule has 1 heterocycles. The van der Waals surface area contributed by atoms with Crippen molar-refractivity contribution in [3.05, 3.63) is 30.3 Å². The van der Waals surface area contributed by atoms with E-state index in [2.05, 4.69) is 34.5 Å². The Morgan fingerprint density at radius 3 is 2.11 bits per heavy atom. The minimum atomic E-state index is 0.944. The van der Waals surface area contributed by atoms with Crippen molar-refractivity contribution in [1.82, 2.24) is 0 Å². The number of thioether (sulfide) groups is 1. The molecule has 0 bridgehead atoms. The minimum absolute atomic E-state index is 0.944. The highest BCUT2D eigenvalue weighted by Gasteiger charge is 2.08. The summed E-state index contributed by atoms with van der Waals surface area (Å²) in [6.45, 7) is 10.0. The molecular weight excluding hydrogens is 240 g/mol. The normalized spacial score (nSPS) is 12.5. The van der Waals surface area contributed by atoms with Crippen LogP contribution in [0.25, 0.3) is 0 Å². The van der Waals surface area contributed by atoms with Crippen LogP contribution >= 0.6 is 11.8 Å². The van der Waals surface area contributed by atoms with Crippen molar-refractivity contribution >= 4 is 23.2 Å². The van der Waals surface area contributed by atoms with Crippen LogP contribution in [0.2, 0.25) is 0 Å². The third-order valence-corrected chi connectivity index (χ3v) is 3.05. The lowest BCUT2D eigenvalue weighted by Crippen LogP contribution is -2.01. The van der Waals surface area contributed by atoms with Crippen LogP contribution in [0.5, 0.6) is 0 Å². The van der Waals surface area contributed by atoms with Crippen molar-refractivity contribution in [2.75, 3.05) is 5.75 Å². The van der Waals surface area contributed by atoms with Gasteiger partial charge in [-0.25, -0.2) is 0 Å². The van der Waals surface area contributed by atoms with Gasteiger partial charge in [-0.2, -0.15) is 10.2 Å². The monoisotopic (exact) mass is 264 g/mol. The van der Waals surface area contributed by atoms with E-state index in [0.29, 0.717) is 0 Å². The van der Waals surface area contributed by atoms with Crippen molar-refractivity contribution in [2.24, 2.45) is 10.2 Å². The first-order chi connectivity index (χ1) is 8.84. The summed E-state index contributed by atoms with van der Waals surface area (Å²) >= 11 is 1.82. The molecule has 0 saturated carbocycles. The van der Waals surface area contributed by atoms with E-state index in [4.69, 9.17) is 0 Å². The number of rotatable bonds is 3. The summed E-state index contributed by atoms with van der Waals surface area (Å²) < 4.78 is 0. The van der Waals surface area contributed by atoms with E-state index in [1.54, 1.807) is 0 Å². The maximum Gasteiger partial charge on any atom is 0.0564 e. The van der Waals surface area contributed by atoms with Crippen LogP contribution in [0.1, 0.15) is 41.0 Å². The summed E-state index contributed by atoms with van der Waals surface area (Å²) in [5.74, 6) is 0.949. The molecule has 2 rings (SSSR count). The zero-order valence-electron chi connectivity index (χ0n) is 12.1. The van der Waals surface area contributed by atoms with E-state index >= 15 is 0 Å². The molecule has 0 spiro atoms. The average molecular weight is 264 g/mol. The Labute approximate surface area is 116 Å². The molecule has 0 amide bonds. The molecule has 0 aliphatic carbocycles. The molecule has 100 valence electrons. The molecule has 1 aliphatic heterocycles. The molecular formula is C15H24N2S. The van der Waals surface area contributed by atoms with E-state index in [-0.39, 0.29) is 0 Å². The lowest BCUT2D eigenvalue weighted by Gasteiger charge is -1.99. The fourth-order valence-electron chi connectivity index (χ4n) is 1.29. The van der Waals surface area contributed by atoms with Crippen molar-refractivity contribution in [1.29, 1.82) is 0 Å². The van der Waals surface area contributed by atoms with Crippen LogP contribution in [-0.2, 0) is 0 Å². The van der Waals surface area contributed by atoms with Crippen molar-refractivity contribution in [2.45, 2.75) is 45.9 Å². The summed E-state index contributed by atoms with van der Waals surface area (Å²) in [7, 11) is 0. The second-order valence-corrected chi connectivity index (χ2v) is 4.33. The molecule has 0 saturated heterocycles. The Kier molecular flexibility index (Phi) is 10.4. The molecule has 0 radical (unpaired) electrons. The Balaban J connectivity index is 0.000000659. The van der Waals surface area contributed by atoms with Gasteiger partial charge in [0.15, 0.2) is 0 Å². The number of benzene rings is 1. The number of nitrogens with zero attached hydrogens (tertiary/aromatic N) is 2. The molecule has 0 fully saturated rings. The maximum absolute atomic E-state index is 4.12. The molecule has 2 nitrogen and oxygen atoms in total. The van der Waals surface area contributed by atoms with Gasteiger partial charge in [0.2, 0.25) is 0 Å². The van der Waals surface area contributed by atoms with Gasteiger partial charge in [-0.15, -0.1) is 11.8 Å². The molecule has 18 heavy (non-hydrogen) atoms. The van der Waals surface area contributed by atoms with Gasteiger partial charge in [-0.3, -0.25) is 0 Å². The highest BCUT2D eigenvalue weighted by Crippen LogP contribution is 2.19. The van der Waals surface area contributed by atoms with Crippen LogP contribution in [-0.4, -0.2) is 17.2 Å². The summed E-state index contributed by atoms with van der Waals surface area (Å²) in [5.41, 5.74) is 2.30. The van der Waals surface area contributed by atoms with Gasteiger partial charge in [0, 0.05) is 22.8 Å². The average Bonchev–Trinajstić information content (AvgIpc) is 2.88.